The molecule has 0 aliphatic carbocycles. The molecule has 6 nitrogen and oxygen atoms in total. The molecule has 28 heavy (non-hydrogen) atoms. The Morgan fingerprint density at radius 2 is 2.00 bits per heavy atom. The predicted molar refractivity (Wildman–Crippen MR) is 94.4 cm³/mol. The molecule has 0 spiro atoms. The van der Waals surface area contributed by atoms with Crippen LogP contribution in [-0.4, -0.2) is 28.8 Å². The minimum atomic E-state index is -4.85. The van der Waals surface area contributed by atoms with Crippen LogP contribution in [0.4, 0.5) is 29.1 Å². The van der Waals surface area contributed by atoms with Gasteiger partial charge in [-0.1, -0.05) is 0 Å². The molecule has 1 fully saturated rings. The smallest absolute Gasteiger partial charge is 0.354 e. The van der Waals surface area contributed by atoms with Gasteiger partial charge in [0.25, 0.3) is 5.56 Å². The lowest BCUT2D eigenvalue weighted by Gasteiger charge is -2.32. The first-order valence-electron chi connectivity index (χ1n) is 8.62. The number of aromatic nitrogens is 2. The van der Waals surface area contributed by atoms with Crippen molar-refractivity contribution in [1.82, 2.24) is 9.78 Å². The molecule has 150 valence electrons. The van der Waals surface area contributed by atoms with E-state index >= 15 is 0 Å². The second-order valence-corrected chi connectivity index (χ2v) is 6.62. The lowest BCUT2D eigenvalue weighted by Crippen LogP contribution is -2.41. The van der Waals surface area contributed by atoms with Crippen LogP contribution in [0.3, 0.4) is 0 Å². The van der Waals surface area contributed by atoms with Crippen LogP contribution in [0.1, 0.15) is 18.4 Å². The molecule has 0 saturated carbocycles. The second kappa shape index (κ2) is 7.61. The number of carbonyl (C=O) groups excluding carboxylic acids is 1. The monoisotopic (exact) mass is 398 g/mol. The van der Waals surface area contributed by atoms with Gasteiger partial charge < -0.3 is 10.2 Å². The zero-order valence-corrected chi connectivity index (χ0v) is 15.0. The molecule has 1 saturated heterocycles. The average Bonchev–Trinajstić information content (AvgIpc) is 2.64. The van der Waals surface area contributed by atoms with Gasteiger partial charge >= 0.3 is 6.18 Å². The molecule has 0 bridgehead atoms. The van der Waals surface area contributed by atoms with Crippen molar-refractivity contribution < 1.29 is 22.4 Å². The number of carbonyl (C=O) groups is 1. The summed E-state index contributed by atoms with van der Waals surface area (Å²) in [5.74, 6) is -1.78. The number of amides is 1. The van der Waals surface area contributed by atoms with Gasteiger partial charge in [-0.2, -0.15) is 18.3 Å². The van der Waals surface area contributed by atoms with E-state index < -0.39 is 29.4 Å². The Balaban J connectivity index is 1.72. The lowest BCUT2D eigenvalue weighted by atomic mass is 9.97. The van der Waals surface area contributed by atoms with Gasteiger partial charge in [-0.25, -0.2) is 9.07 Å². The fourth-order valence-electron chi connectivity index (χ4n) is 3.12. The molecular weight excluding hydrogens is 380 g/mol. The van der Waals surface area contributed by atoms with Crippen molar-refractivity contribution in [2.75, 3.05) is 23.3 Å². The maximum atomic E-state index is 13.4. The van der Waals surface area contributed by atoms with Crippen molar-refractivity contribution >= 4 is 17.4 Å². The molecule has 1 aliphatic heterocycles. The van der Waals surface area contributed by atoms with E-state index in [-0.39, 0.29) is 11.2 Å². The molecule has 1 N–H and O–H groups in total. The molecule has 2 heterocycles. The number of nitrogens with one attached hydrogen (secondary N) is 1. The summed E-state index contributed by atoms with van der Waals surface area (Å²) in [7, 11) is 1.52. The number of benzene rings is 1. The summed E-state index contributed by atoms with van der Waals surface area (Å²) in [5, 5.41) is 6.59. The molecule has 1 unspecified atom stereocenters. The maximum absolute atomic E-state index is 13.4. The third-order valence-corrected chi connectivity index (χ3v) is 4.60. The van der Waals surface area contributed by atoms with E-state index in [1.54, 1.807) is 6.07 Å². The summed E-state index contributed by atoms with van der Waals surface area (Å²) in [6.07, 6.45) is -3.61. The van der Waals surface area contributed by atoms with E-state index in [0.717, 1.165) is 6.07 Å². The molecule has 10 heteroatoms. The Morgan fingerprint density at radius 3 is 2.68 bits per heavy atom. The molecule has 3 rings (SSSR count). The van der Waals surface area contributed by atoms with Gasteiger partial charge in [0.05, 0.1) is 11.5 Å². The highest BCUT2D eigenvalue weighted by molar-refractivity contribution is 5.93. The number of piperidine rings is 1. The van der Waals surface area contributed by atoms with Crippen LogP contribution in [0, 0.1) is 11.7 Å². The number of rotatable bonds is 3. The molecule has 1 amide bonds. The van der Waals surface area contributed by atoms with Gasteiger partial charge in [0.1, 0.15) is 11.6 Å². The first-order chi connectivity index (χ1) is 13.1. The van der Waals surface area contributed by atoms with Crippen molar-refractivity contribution in [1.29, 1.82) is 0 Å². The van der Waals surface area contributed by atoms with Crippen molar-refractivity contribution in [3.05, 3.63) is 52.1 Å². The zero-order valence-electron chi connectivity index (χ0n) is 15.0. The third kappa shape index (κ3) is 4.32. The van der Waals surface area contributed by atoms with Crippen LogP contribution in [0.15, 0.2) is 35.1 Å². The van der Waals surface area contributed by atoms with Gasteiger partial charge in [0.15, 0.2) is 0 Å². The third-order valence-electron chi connectivity index (χ3n) is 4.60. The molecule has 0 radical (unpaired) electrons. The number of anilines is 2. The Hall–Kier alpha value is -2.91. The van der Waals surface area contributed by atoms with E-state index in [4.69, 9.17) is 0 Å². The summed E-state index contributed by atoms with van der Waals surface area (Å²) < 4.78 is 53.1. The summed E-state index contributed by atoms with van der Waals surface area (Å²) in [5.41, 5.74) is -1.80. The van der Waals surface area contributed by atoms with Crippen LogP contribution < -0.4 is 15.8 Å². The fraction of sp³-hybridized carbons (Fsp3) is 0.389. The highest BCUT2D eigenvalue weighted by atomic mass is 19.4. The Bertz CT molecular complexity index is 942. The van der Waals surface area contributed by atoms with Crippen LogP contribution in [0.5, 0.6) is 0 Å². The van der Waals surface area contributed by atoms with Crippen molar-refractivity contribution in [2.24, 2.45) is 13.0 Å². The summed E-state index contributed by atoms with van der Waals surface area (Å²) in [6.45, 7) is 0.952. The van der Waals surface area contributed by atoms with E-state index in [9.17, 15) is 27.2 Å². The average molecular weight is 398 g/mol. The topological polar surface area (TPSA) is 67.2 Å². The van der Waals surface area contributed by atoms with E-state index in [0.29, 0.717) is 43.9 Å². The van der Waals surface area contributed by atoms with Crippen LogP contribution in [-0.2, 0) is 18.0 Å². The lowest BCUT2D eigenvalue weighted by molar-refractivity contribution is -0.140. The van der Waals surface area contributed by atoms with E-state index in [2.05, 4.69) is 10.4 Å². The number of halogens is 4. The summed E-state index contributed by atoms with van der Waals surface area (Å²) >= 11 is 0. The number of aryl methyl sites for hydroxylation is 1. The second-order valence-electron chi connectivity index (χ2n) is 6.62. The number of alkyl halides is 3. The number of hydrogen-bond donors (Lipinski definition) is 1. The van der Waals surface area contributed by atoms with Crippen LogP contribution >= 0.6 is 0 Å². The molecule has 1 aromatic heterocycles. The van der Waals surface area contributed by atoms with Gasteiger partial charge in [-0.05, 0) is 37.1 Å². The molecule has 1 aromatic carbocycles. The number of nitrogens with zero attached hydrogens (tertiary/aromatic N) is 3. The van der Waals surface area contributed by atoms with Crippen molar-refractivity contribution in [3.8, 4) is 0 Å². The first-order valence-corrected chi connectivity index (χ1v) is 8.62. The predicted octanol–water partition coefficient (Wildman–Crippen LogP) is 2.79. The summed E-state index contributed by atoms with van der Waals surface area (Å²) in [4.78, 5) is 25.8. The Kier molecular flexibility index (Phi) is 5.39. The minimum Gasteiger partial charge on any atom is -0.354 e. The van der Waals surface area contributed by atoms with E-state index in [1.165, 1.54) is 17.8 Å². The molecule has 1 atom stereocenters. The van der Waals surface area contributed by atoms with E-state index in [1.807, 2.05) is 4.90 Å². The zero-order chi connectivity index (χ0) is 20.5. The SMILES string of the molecule is Cn1nc(N2CCCC(C(=O)Nc3ccc(F)c(C(F)(F)F)c3)C2)ccc1=O. The normalized spacial score (nSPS) is 17.5. The van der Waals surface area contributed by atoms with Crippen LogP contribution in [0.2, 0.25) is 0 Å². The standard InChI is InChI=1S/C18H18F4N4O2/c1-25-16(27)7-6-15(24-25)26-8-2-3-11(10-26)17(28)23-12-4-5-14(19)13(9-12)18(20,21)22/h4-7,9,11H,2-3,8,10H2,1H3,(H,23,28). The minimum absolute atomic E-state index is 0.115. The Morgan fingerprint density at radius 1 is 1.25 bits per heavy atom. The molecule has 2 aromatic rings. The maximum Gasteiger partial charge on any atom is 0.419 e. The first kappa shape index (κ1) is 19.8. The highest BCUT2D eigenvalue weighted by Gasteiger charge is 2.34. The fourth-order valence-corrected chi connectivity index (χ4v) is 3.12. The van der Waals surface area contributed by atoms with Crippen molar-refractivity contribution in [3.63, 3.8) is 0 Å². The van der Waals surface area contributed by atoms with Gasteiger partial charge in [0.2, 0.25) is 5.91 Å². The quantitative estimate of drug-likeness (QED) is 0.808. The van der Waals surface area contributed by atoms with Crippen LogP contribution in [0.25, 0.3) is 0 Å². The Labute approximate surface area is 157 Å². The number of hydrogen-bond acceptors (Lipinski definition) is 4. The van der Waals surface area contributed by atoms with Crippen molar-refractivity contribution in [2.45, 2.75) is 19.0 Å². The molecule has 1 aliphatic rings. The largest absolute Gasteiger partial charge is 0.419 e. The van der Waals surface area contributed by atoms with Gasteiger partial charge in [-0.15, -0.1) is 0 Å². The van der Waals surface area contributed by atoms with Gasteiger partial charge in [0, 0.05) is 31.9 Å². The highest BCUT2D eigenvalue weighted by Crippen LogP contribution is 2.33. The van der Waals surface area contributed by atoms with Gasteiger partial charge in [-0.3, -0.25) is 9.59 Å². The molecular formula is C18H18F4N4O2. The summed E-state index contributed by atoms with van der Waals surface area (Å²) in [6, 6.07) is 5.31.